The lowest BCUT2D eigenvalue weighted by Gasteiger charge is -2.10. The molecule has 6 heteroatoms. The second-order valence-corrected chi connectivity index (χ2v) is 5.54. The summed E-state index contributed by atoms with van der Waals surface area (Å²) in [5.74, 6) is 1.88. The van der Waals surface area contributed by atoms with Gasteiger partial charge in [-0.3, -0.25) is 0 Å². The maximum atomic E-state index is 4.54. The summed E-state index contributed by atoms with van der Waals surface area (Å²) in [6.07, 6.45) is 6.55. The molecule has 0 saturated heterocycles. The van der Waals surface area contributed by atoms with Gasteiger partial charge in [-0.15, -0.1) is 10.2 Å². The molecule has 0 saturated carbocycles. The molecule has 0 radical (unpaired) electrons. The summed E-state index contributed by atoms with van der Waals surface area (Å²) in [6, 6.07) is 6.08. The zero-order chi connectivity index (χ0) is 15.1. The molecular weight excluding hydrogens is 276 g/mol. The molecule has 3 aromatic heterocycles. The maximum absolute atomic E-state index is 4.54. The van der Waals surface area contributed by atoms with E-state index in [4.69, 9.17) is 0 Å². The minimum Gasteiger partial charge on any atom is -0.359 e. The highest BCUT2D eigenvalue weighted by molar-refractivity contribution is 5.65. The largest absolute Gasteiger partial charge is 0.359 e. The van der Waals surface area contributed by atoms with Crippen molar-refractivity contribution in [1.82, 2.24) is 24.7 Å². The van der Waals surface area contributed by atoms with Crippen LogP contribution in [0, 0.1) is 0 Å². The number of aromatic nitrogens is 5. The van der Waals surface area contributed by atoms with Crippen molar-refractivity contribution in [2.45, 2.75) is 6.42 Å². The van der Waals surface area contributed by atoms with E-state index in [0.29, 0.717) is 0 Å². The van der Waals surface area contributed by atoms with Crippen LogP contribution in [-0.2, 0) is 13.5 Å². The zero-order valence-corrected chi connectivity index (χ0v) is 12.6. The Morgan fingerprint density at radius 3 is 2.59 bits per heavy atom. The highest BCUT2D eigenvalue weighted by Crippen LogP contribution is 2.28. The van der Waals surface area contributed by atoms with Crippen molar-refractivity contribution in [3.8, 4) is 22.8 Å². The Labute approximate surface area is 128 Å². The van der Waals surface area contributed by atoms with E-state index < -0.39 is 0 Å². The average molecular weight is 292 g/mol. The predicted octanol–water partition coefficient (Wildman–Crippen LogP) is 1.93. The summed E-state index contributed by atoms with van der Waals surface area (Å²) in [7, 11) is 4.01. The highest BCUT2D eigenvalue weighted by atomic mass is 15.2. The van der Waals surface area contributed by atoms with Crippen LogP contribution in [-0.4, -0.2) is 38.3 Å². The number of aryl methyl sites for hydroxylation is 1. The van der Waals surface area contributed by atoms with Gasteiger partial charge < -0.3 is 9.47 Å². The first kappa shape index (κ1) is 12.9. The van der Waals surface area contributed by atoms with Crippen LogP contribution in [0.3, 0.4) is 0 Å². The Bertz CT molecular complexity index is 821. The number of nitrogens with zero attached hydrogens (tertiary/aromatic N) is 6. The highest BCUT2D eigenvalue weighted by Gasteiger charge is 2.18. The predicted molar refractivity (Wildman–Crippen MR) is 84.4 cm³/mol. The number of hydrogen-bond acceptors (Lipinski definition) is 5. The first-order chi connectivity index (χ1) is 10.7. The van der Waals surface area contributed by atoms with Crippen molar-refractivity contribution in [3.63, 3.8) is 0 Å². The van der Waals surface area contributed by atoms with Gasteiger partial charge in [0, 0.05) is 44.8 Å². The molecule has 0 atom stereocenters. The monoisotopic (exact) mass is 292 g/mol. The Morgan fingerprint density at radius 2 is 1.86 bits per heavy atom. The number of imidazole rings is 1. The van der Waals surface area contributed by atoms with E-state index in [1.54, 1.807) is 6.20 Å². The van der Waals surface area contributed by atoms with Crippen LogP contribution < -0.4 is 4.90 Å². The third-order valence-electron chi connectivity index (χ3n) is 4.03. The van der Waals surface area contributed by atoms with Crippen molar-refractivity contribution in [1.29, 1.82) is 0 Å². The Kier molecular flexibility index (Phi) is 2.89. The number of pyridine rings is 1. The maximum Gasteiger partial charge on any atom is 0.160 e. The quantitative estimate of drug-likeness (QED) is 0.722. The lowest BCUT2D eigenvalue weighted by molar-refractivity contribution is 0.904. The van der Waals surface area contributed by atoms with E-state index in [-0.39, 0.29) is 0 Å². The normalized spacial score (nSPS) is 13.5. The van der Waals surface area contributed by atoms with Crippen LogP contribution in [0.4, 0.5) is 5.82 Å². The minimum atomic E-state index is 0.769. The molecule has 0 N–H and O–H groups in total. The van der Waals surface area contributed by atoms with Gasteiger partial charge in [0.2, 0.25) is 0 Å². The van der Waals surface area contributed by atoms with Crippen molar-refractivity contribution in [2.75, 3.05) is 18.5 Å². The van der Waals surface area contributed by atoms with Gasteiger partial charge in [0.1, 0.15) is 11.5 Å². The number of rotatable bonds is 2. The van der Waals surface area contributed by atoms with Gasteiger partial charge in [0.15, 0.2) is 5.82 Å². The van der Waals surface area contributed by atoms with Gasteiger partial charge in [0.05, 0.1) is 5.69 Å². The SMILES string of the molecule is CN1CCc2cc(-c3ccc(-c4nccn4C)nn3)cnc21. The number of hydrogen-bond donors (Lipinski definition) is 0. The average Bonchev–Trinajstić information content (AvgIpc) is 3.14. The molecule has 0 fully saturated rings. The third-order valence-corrected chi connectivity index (χ3v) is 4.03. The van der Waals surface area contributed by atoms with Crippen LogP contribution in [0.5, 0.6) is 0 Å². The smallest absolute Gasteiger partial charge is 0.160 e. The van der Waals surface area contributed by atoms with Crippen molar-refractivity contribution in [2.24, 2.45) is 7.05 Å². The van der Waals surface area contributed by atoms with Crippen LogP contribution in [0.2, 0.25) is 0 Å². The van der Waals surface area contributed by atoms with E-state index in [1.165, 1.54) is 5.56 Å². The molecule has 4 heterocycles. The summed E-state index contributed by atoms with van der Waals surface area (Å²) in [5.41, 5.74) is 3.89. The molecule has 1 aliphatic rings. The summed E-state index contributed by atoms with van der Waals surface area (Å²) in [6.45, 7) is 1.02. The first-order valence-electron chi connectivity index (χ1n) is 7.24. The fraction of sp³-hybridized carbons (Fsp3) is 0.250. The van der Waals surface area contributed by atoms with Gasteiger partial charge in [0.25, 0.3) is 0 Å². The third kappa shape index (κ3) is 2.04. The summed E-state index contributed by atoms with van der Waals surface area (Å²) in [4.78, 5) is 11.0. The van der Waals surface area contributed by atoms with Crippen LogP contribution >= 0.6 is 0 Å². The van der Waals surface area contributed by atoms with E-state index in [1.807, 2.05) is 36.1 Å². The second kappa shape index (κ2) is 4.91. The molecular formula is C16H16N6. The Hall–Kier alpha value is -2.76. The molecule has 0 unspecified atom stereocenters. The van der Waals surface area contributed by atoms with E-state index in [0.717, 1.165) is 41.6 Å². The molecule has 110 valence electrons. The number of likely N-dealkylation sites (N-methyl/N-ethyl adjacent to an activating group) is 1. The lowest BCUT2D eigenvalue weighted by Crippen LogP contribution is -2.13. The molecule has 0 bridgehead atoms. The molecule has 3 aromatic rings. The molecule has 0 spiro atoms. The number of fused-ring (bicyclic) bond motifs is 1. The summed E-state index contributed by atoms with van der Waals surface area (Å²) < 4.78 is 1.93. The first-order valence-corrected chi connectivity index (χ1v) is 7.24. The Balaban J connectivity index is 1.68. The molecule has 4 rings (SSSR count). The van der Waals surface area contributed by atoms with Gasteiger partial charge in [-0.25, -0.2) is 9.97 Å². The summed E-state index contributed by atoms with van der Waals surface area (Å²) in [5, 5.41) is 8.63. The molecule has 0 amide bonds. The van der Waals surface area contributed by atoms with E-state index in [9.17, 15) is 0 Å². The Morgan fingerprint density at radius 1 is 1.05 bits per heavy atom. The van der Waals surface area contributed by atoms with Crippen LogP contribution in [0.1, 0.15) is 5.56 Å². The van der Waals surface area contributed by atoms with E-state index >= 15 is 0 Å². The molecule has 0 aliphatic carbocycles. The van der Waals surface area contributed by atoms with Gasteiger partial charge >= 0.3 is 0 Å². The van der Waals surface area contributed by atoms with Crippen molar-refractivity contribution in [3.05, 3.63) is 42.4 Å². The van der Waals surface area contributed by atoms with Crippen LogP contribution in [0.15, 0.2) is 36.8 Å². The van der Waals surface area contributed by atoms with Crippen LogP contribution in [0.25, 0.3) is 22.8 Å². The van der Waals surface area contributed by atoms with Gasteiger partial charge in [-0.1, -0.05) is 0 Å². The lowest BCUT2D eigenvalue weighted by atomic mass is 10.1. The fourth-order valence-electron chi connectivity index (χ4n) is 2.78. The second-order valence-electron chi connectivity index (χ2n) is 5.54. The molecule has 22 heavy (non-hydrogen) atoms. The minimum absolute atomic E-state index is 0.769. The molecule has 1 aliphatic heterocycles. The summed E-state index contributed by atoms with van der Waals surface area (Å²) >= 11 is 0. The number of anilines is 1. The standard InChI is InChI=1S/C16H16N6/c1-21-7-5-11-9-12(10-18-15(11)21)13-3-4-14(20-19-13)16-17-6-8-22(16)2/h3-4,6,8-10H,5,7H2,1-2H3. The fourth-order valence-corrected chi connectivity index (χ4v) is 2.78. The zero-order valence-electron chi connectivity index (χ0n) is 12.6. The topological polar surface area (TPSA) is 59.7 Å². The van der Waals surface area contributed by atoms with Crippen molar-refractivity contribution < 1.29 is 0 Å². The van der Waals surface area contributed by atoms with Gasteiger partial charge in [-0.05, 0) is 30.2 Å². The van der Waals surface area contributed by atoms with E-state index in [2.05, 4.69) is 38.2 Å². The molecule has 6 nitrogen and oxygen atoms in total. The van der Waals surface area contributed by atoms with Gasteiger partial charge in [-0.2, -0.15) is 0 Å². The molecule has 0 aromatic carbocycles. The van der Waals surface area contributed by atoms with Crippen molar-refractivity contribution >= 4 is 5.82 Å².